The molecule has 0 N–H and O–H groups in total. The summed E-state index contributed by atoms with van der Waals surface area (Å²) >= 11 is 1.78. The van der Waals surface area contributed by atoms with Crippen LogP contribution < -0.4 is 0 Å². The van der Waals surface area contributed by atoms with Gasteiger partial charge in [0, 0.05) is 32.7 Å². The number of thiophene rings is 1. The molecule has 0 spiro atoms. The Morgan fingerprint density at radius 2 is 1.44 bits per heavy atom. The quantitative estimate of drug-likeness (QED) is 0.284. The Morgan fingerprint density at radius 3 is 2.31 bits per heavy atom. The van der Waals surface area contributed by atoms with E-state index in [9.17, 15) is 0 Å². The van der Waals surface area contributed by atoms with Crippen LogP contribution in [0.5, 0.6) is 0 Å². The van der Waals surface area contributed by atoms with Crippen molar-refractivity contribution in [2.45, 2.75) is 0 Å². The van der Waals surface area contributed by atoms with Crippen molar-refractivity contribution < 1.29 is 0 Å². The third-order valence-corrected chi connectivity index (χ3v) is 7.32. The molecule has 0 unspecified atom stereocenters. The standard InChI is InChI=1S/C28H17N3S/c1-2-6-18(7-3-1)19-10-12-20(13-11-19)31-23-9-5-4-8-21(23)26-24(31)15-14-22-27-25(32-28(22)26)16-29-17-30-27/h1-17H. The number of hydrogen-bond donors (Lipinski definition) is 0. The maximum atomic E-state index is 4.55. The Bertz CT molecular complexity index is 1760. The Morgan fingerprint density at radius 1 is 0.656 bits per heavy atom. The van der Waals surface area contributed by atoms with Crippen LogP contribution in [0.25, 0.3) is 58.9 Å². The first kappa shape index (κ1) is 17.6. The lowest BCUT2D eigenvalue weighted by Gasteiger charge is -2.09. The number of aromatic nitrogens is 3. The first-order chi connectivity index (χ1) is 15.9. The first-order valence-electron chi connectivity index (χ1n) is 10.6. The smallest absolute Gasteiger partial charge is 0.116 e. The van der Waals surface area contributed by atoms with Crippen LogP contribution in [-0.2, 0) is 0 Å². The lowest BCUT2D eigenvalue weighted by atomic mass is 10.1. The molecule has 0 bridgehead atoms. The molecule has 0 aliphatic rings. The van der Waals surface area contributed by atoms with Crippen molar-refractivity contribution in [3.8, 4) is 16.8 Å². The number of fused-ring (bicyclic) bond motifs is 7. The van der Waals surface area contributed by atoms with Gasteiger partial charge >= 0.3 is 0 Å². The maximum Gasteiger partial charge on any atom is 0.116 e. The van der Waals surface area contributed by atoms with Crippen LogP contribution in [0.4, 0.5) is 0 Å². The SMILES string of the molecule is c1ccc(-c2ccc(-n3c4ccccc4c4c5sc6cncnc6c5ccc43)cc2)cc1. The van der Waals surface area contributed by atoms with Gasteiger partial charge in [-0.25, -0.2) is 9.97 Å². The van der Waals surface area contributed by atoms with Gasteiger partial charge < -0.3 is 4.57 Å². The van der Waals surface area contributed by atoms with Gasteiger partial charge in [-0.3, -0.25) is 0 Å². The zero-order chi connectivity index (χ0) is 21.1. The first-order valence-corrected chi connectivity index (χ1v) is 11.4. The Labute approximate surface area is 188 Å². The number of nitrogens with zero attached hydrogens (tertiary/aromatic N) is 3. The second kappa shape index (κ2) is 6.74. The predicted molar refractivity (Wildman–Crippen MR) is 135 cm³/mol. The predicted octanol–water partition coefficient (Wildman–Crippen LogP) is 7.61. The highest BCUT2D eigenvalue weighted by Gasteiger charge is 2.17. The largest absolute Gasteiger partial charge is 0.309 e. The highest BCUT2D eigenvalue weighted by molar-refractivity contribution is 7.26. The third-order valence-electron chi connectivity index (χ3n) is 6.17. The van der Waals surface area contributed by atoms with Gasteiger partial charge in [-0.15, -0.1) is 11.3 Å². The van der Waals surface area contributed by atoms with E-state index >= 15 is 0 Å². The van der Waals surface area contributed by atoms with Crippen LogP contribution in [0, 0.1) is 0 Å². The fraction of sp³-hybridized carbons (Fsp3) is 0. The van der Waals surface area contributed by atoms with E-state index in [0.29, 0.717) is 0 Å². The van der Waals surface area contributed by atoms with Crippen LogP contribution in [0.3, 0.4) is 0 Å². The summed E-state index contributed by atoms with van der Waals surface area (Å²) in [6.07, 6.45) is 3.55. The summed E-state index contributed by atoms with van der Waals surface area (Å²) in [5, 5.41) is 3.75. The van der Waals surface area contributed by atoms with Gasteiger partial charge in [-0.1, -0.05) is 60.7 Å². The lowest BCUT2D eigenvalue weighted by Crippen LogP contribution is -1.93. The van der Waals surface area contributed by atoms with E-state index in [0.717, 1.165) is 15.9 Å². The highest BCUT2D eigenvalue weighted by Crippen LogP contribution is 2.42. The van der Waals surface area contributed by atoms with Crippen LogP contribution in [0.2, 0.25) is 0 Å². The molecule has 4 aromatic carbocycles. The van der Waals surface area contributed by atoms with Crippen LogP contribution in [0.15, 0.2) is 104 Å². The molecule has 0 amide bonds. The minimum atomic E-state index is 1.03. The molecule has 0 saturated heterocycles. The molecule has 7 rings (SSSR count). The molecule has 0 saturated carbocycles. The minimum absolute atomic E-state index is 1.03. The highest BCUT2D eigenvalue weighted by atomic mass is 32.1. The van der Waals surface area contributed by atoms with E-state index in [1.807, 2.05) is 6.20 Å². The molecule has 0 radical (unpaired) electrons. The monoisotopic (exact) mass is 427 g/mol. The van der Waals surface area contributed by atoms with E-state index in [1.165, 1.54) is 43.0 Å². The van der Waals surface area contributed by atoms with E-state index in [2.05, 4.69) is 106 Å². The number of para-hydroxylation sites is 1. The molecular weight excluding hydrogens is 410 g/mol. The van der Waals surface area contributed by atoms with Gasteiger partial charge in [0.15, 0.2) is 0 Å². The molecule has 3 nitrogen and oxygen atoms in total. The number of rotatable bonds is 2. The van der Waals surface area contributed by atoms with Gasteiger partial charge in [0.25, 0.3) is 0 Å². The zero-order valence-electron chi connectivity index (χ0n) is 17.1. The molecule has 0 aliphatic carbocycles. The maximum absolute atomic E-state index is 4.55. The molecule has 150 valence electrons. The average molecular weight is 428 g/mol. The number of hydrogen-bond acceptors (Lipinski definition) is 3. The van der Waals surface area contributed by atoms with E-state index in [-0.39, 0.29) is 0 Å². The molecular formula is C28H17N3S. The molecule has 32 heavy (non-hydrogen) atoms. The molecule has 3 aromatic heterocycles. The summed E-state index contributed by atoms with van der Waals surface area (Å²) in [4.78, 5) is 8.78. The van der Waals surface area contributed by atoms with E-state index in [4.69, 9.17) is 0 Å². The summed E-state index contributed by atoms with van der Waals surface area (Å²) in [5.74, 6) is 0. The fourth-order valence-corrected chi connectivity index (χ4v) is 5.92. The molecule has 0 fully saturated rings. The molecule has 0 atom stereocenters. The lowest BCUT2D eigenvalue weighted by molar-refractivity contribution is 1.18. The van der Waals surface area contributed by atoms with Crippen molar-refractivity contribution in [3.63, 3.8) is 0 Å². The second-order valence-electron chi connectivity index (χ2n) is 7.94. The van der Waals surface area contributed by atoms with Gasteiger partial charge in [0.1, 0.15) is 6.33 Å². The molecule has 7 aromatic rings. The normalized spacial score (nSPS) is 11.8. The van der Waals surface area contributed by atoms with Gasteiger partial charge in [0.2, 0.25) is 0 Å². The van der Waals surface area contributed by atoms with Crippen molar-refractivity contribution in [2.75, 3.05) is 0 Å². The zero-order valence-corrected chi connectivity index (χ0v) is 17.9. The topological polar surface area (TPSA) is 30.7 Å². The molecule has 3 heterocycles. The summed E-state index contributed by atoms with van der Waals surface area (Å²) in [6.45, 7) is 0. The van der Waals surface area contributed by atoms with Crippen LogP contribution in [-0.4, -0.2) is 14.5 Å². The van der Waals surface area contributed by atoms with Crippen molar-refractivity contribution in [3.05, 3.63) is 104 Å². The minimum Gasteiger partial charge on any atom is -0.309 e. The van der Waals surface area contributed by atoms with Crippen molar-refractivity contribution in [1.82, 2.24) is 14.5 Å². The van der Waals surface area contributed by atoms with Gasteiger partial charge in [-0.05, 0) is 41.5 Å². The van der Waals surface area contributed by atoms with Crippen LogP contribution >= 0.6 is 11.3 Å². The van der Waals surface area contributed by atoms with E-state index < -0.39 is 0 Å². The van der Waals surface area contributed by atoms with Crippen LogP contribution in [0.1, 0.15) is 0 Å². The second-order valence-corrected chi connectivity index (χ2v) is 8.99. The van der Waals surface area contributed by atoms with Crippen molar-refractivity contribution in [2.24, 2.45) is 0 Å². The number of benzene rings is 4. The van der Waals surface area contributed by atoms with Gasteiger partial charge in [-0.2, -0.15) is 0 Å². The van der Waals surface area contributed by atoms with Gasteiger partial charge in [0.05, 0.1) is 21.3 Å². The summed E-state index contributed by atoms with van der Waals surface area (Å²) in [7, 11) is 0. The summed E-state index contributed by atoms with van der Waals surface area (Å²) in [5.41, 5.74) is 7.08. The Hall–Kier alpha value is -4.02. The Kier molecular flexibility index (Phi) is 3.72. The fourth-order valence-electron chi connectivity index (χ4n) is 4.74. The van der Waals surface area contributed by atoms with Crippen molar-refractivity contribution in [1.29, 1.82) is 0 Å². The third kappa shape index (κ3) is 2.47. The summed E-state index contributed by atoms with van der Waals surface area (Å²) in [6, 6.07) is 32.5. The Balaban J connectivity index is 1.53. The molecule has 4 heteroatoms. The van der Waals surface area contributed by atoms with Crippen molar-refractivity contribution >= 4 is 53.4 Å². The van der Waals surface area contributed by atoms with E-state index in [1.54, 1.807) is 17.7 Å². The average Bonchev–Trinajstić information content (AvgIpc) is 3.40. The summed E-state index contributed by atoms with van der Waals surface area (Å²) < 4.78 is 4.77. The molecule has 0 aliphatic heterocycles.